The van der Waals surface area contributed by atoms with Crippen molar-refractivity contribution < 1.29 is 9.47 Å². The summed E-state index contributed by atoms with van der Waals surface area (Å²) in [5, 5.41) is 14.1. The van der Waals surface area contributed by atoms with Crippen LogP contribution in [0.4, 0.5) is 0 Å². The first-order chi connectivity index (χ1) is 15.9. The SMILES string of the molecule is CC1COCc2[nH]c3ccc(Oc4c(Cl)cc(-n5nc(C#N)c(=O)[nH]c5=O)cc4Cl)cc3c21. The van der Waals surface area contributed by atoms with Crippen molar-refractivity contribution in [2.75, 3.05) is 6.61 Å². The first-order valence-corrected chi connectivity index (χ1v) is 10.6. The maximum absolute atomic E-state index is 12.2. The van der Waals surface area contributed by atoms with Crippen molar-refractivity contribution in [3.05, 3.63) is 78.2 Å². The highest BCUT2D eigenvalue weighted by molar-refractivity contribution is 6.37. The van der Waals surface area contributed by atoms with E-state index in [4.69, 9.17) is 37.9 Å². The lowest BCUT2D eigenvalue weighted by Gasteiger charge is -2.19. The number of fused-ring (bicyclic) bond motifs is 3. The van der Waals surface area contributed by atoms with Crippen LogP contribution in [-0.2, 0) is 11.3 Å². The Morgan fingerprint density at radius 1 is 1.21 bits per heavy atom. The van der Waals surface area contributed by atoms with Gasteiger partial charge in [0.1, 0.15) is 11.8 Å². The molecule has 0 saturated carbocycles. The Morgan fingerprint density at radius 3 is 2.70 bits per heavy atom. The number of nitriles is 1. The summed E-state index contributed by atoms with van der Waals surface area (Å²) < 4.78 is 12.4. The third kappa shape index (κ3) is 3.68. The van der Waals surface area contributed by atoms with Crippen LogP contribution in [0.1, 0.15) is 29.8 Å². The van der Waals surface area contributed by atoms with E-state index in [0.717, 1.165) is 21.3 Å². The Balaban J connectivity index is 1.54. The lowest BCUT2D eigenvalue weighted by atomic mass is 9.97. The van der Waals surface area contributed by atoms with Crippen LogP contribution in [-0.4, -0.2) is 26.4 Å². The highest BCUT2D eigenvalue weighted by atomic mass is 35.5. The molecule has 1 atom stereocenters. The molecule has 1 aliphatic rings. The molecule has 4 aromatic rings. The second-order valence-electron chi connectivity index (χ2n) is 7.61. The minimum atomic E-state index is -0.876. The van der Waals surface area contributed by atoms with Crippen LogP contribution in [0.15, 0.2) is 39.9 Å². The van der Waals surface area contributed by atoms with Crippen LogP contribution in [0, 0.1) is 11.3 Å². The van der Waals surface area contributed by atoms with E-state index >= 15 is 0 Å². The summed E-state index contributed by atoms with van der Waals surface area (Å²) in [7, 11) is 0. The molecule has 2 aromatic heterocycles. The quantitative estimate of drug-likeness (QED) is 0.453. The van der Waals surface area contributed by atoms with E-state index in [-0.39, 0.29) is 27.4 Å². The molecule has 0 radical (unpaired) electrons. The van der Waals surface area contributed by atoms with E-state index in [1.165, 1.54) is 17.7 Å². The van der Waals surface area contributed by atoms with Crippen molar-refractivity contribution in [3.63, 3.8) is 0 Å². The molecule has 3 heterocycles. The van der Waals surface area contributed by atoms with E-state index in [1.807, 2.05) is 17.1 Å². The van der Waals surface area contributed by atoms with Crippen molar-refractivity contribution >= 4 is 34.1 Å². The largest absolute Gasteiger partial charge is 0.454 e. The third-order valence-electron chi connectivity index (χ3n) is 5.38. The first-order valence-electron chi connectivity index (χ1n) is 9.89. The monoisotopic (exact) mass is 483 g/mol. The summed E-state index contributed by atoms with van der Waals surface area (Å²) in [6.45, 7) is 3.29. The van der Waals surface area contributed by atoms with Gasteiger partial charge in [0.2, 0.25) is 5.69 Å². The lowest BCUT2D eigenvalue weighted by Crippen LogP contribution is -2.33. The molecular formula is C22H15Cl2N5O4. The Hall–Kier alpha value is -3.58. The van der Waals surface area contributed by atoms with Gasteiger partial charge in [0.25, 0.3) is 5.56 Å². The number of H-pyrrole nitrogens is 2. The summed E-state index contributed by atoms with van der Waals surface area (Å²) in [4.78, 5) is 29.2. The van der Waals surface area contributed by atoms with Crippen molar-refractivity contribution in [2.24, 2.45) is 0 Å². The lowest BCUT2D eigenvalue weighted by molar-refractivity contribution is 0.0934. The molecule has 2 aromatic carbocycles. The van der Waals surface area contributed by atoms with E-state index in [2.05, 4.69) is 17.0 Å². The van der Waals surface area contributed by atoms with Crippen LogP contribution >= 0.6 is 23.2 Å². The van der Waals surface area contributed by atoms with Crippen LogP contribution in [0.5, 0.6) is 11.5 Å². The summed E-state index contributed by atoms with van der Waals surface area (Å²) in [5.41, 5.74) is 1.22. The van der Waals surface area contributed by atoms with Gasteiger partial charge in [0.05, 0.1) is 28.9 Å². The van der Waals surface area contributed by atoms with E-state index < -0.39 is 16.9 Å². The van der Waals surface area contributed by atoms with Gasteiger partial charge in [0.15, 0.2) is 5.75 Å². The Kier molecular flexibility index (Phi) is 5.21. The van der Waals surface area contributed by atoms with E-state index in [0.29, 0.717) is 19.0 Å². The van der Waals surface area contributed by atoms with E-state index in [9.17, 15) is 9.59 Å². The first kappa shape index (κ1) is 21.3. The third-order valence-corrected chi connectivity index (χ3v) is 5.94. The fraction of sp³-hybridized carbons (Fsp3) is 0.182. The molecule has 1 aliphatic heterocycles. The molecule has 0 aliphatic carbocycles. The van der Waals surface area contributed by atoms with E-state index in [1.54, 1.807) is 12.1 Å². The average Bonchev–Trinajstić information content (AvgIpc) is 3.15. The summed E-state index contributed by atoms with van der Waals surface area (Å²) in [6, 6.07) is 10.1. The molecule has 9 nitrogen and oxygen atoms in total. The predicted octanol–water partition coefficient (Wildman–Crippen LogP) is 4.01. The van der Waals surface area contributed by atoms with Crippen LogP contribution in [0.3, 0.4) is 0 Å². The molecule has 33 heavy (non-hydrogen) atoms. The van der Waals surface area contributed by atoms with Gasteiger partial charge in [-0.1, -0.05) is 30.1 Å². The number of ether oxygens (including phenoxy) is 2. The number of benzene rings is 2. The number of hydrogen-bond acceptors (Lipinski definition) is 6. The molecule has 0 fully saturated rings. The number of rotatable bonds is 3. The zero-order valence-corrected chi connectivity index (χ0v) is 18.6. The number of aromatic nitrogens is 4. The van der Waals surface area contributed by atoms with Gasteiger partial charge in [-0.3, -0.25) is 9.78 Å². The molecule has 5 rings (SSSR count). The van der Waals surface area contributed by atoms with Gasteiger partial charge < -0.3 is 14.5 Å². The second-order valence-corrected chi connectivity index (χ2v) is 8.43. The maximum atomic E-state index is 12.2. The van der Waals surface area contributed by atoms with Crippen molar-refractivity contribution in [1.82, 2.24) is 19.7 Å². The number of hydrogen-bond donors (Lipinski definition) is 2. The van der Waals surface area contributed by atoms with Gasteiger partial charge in [-0.2, -0.15) is 9.94 Å². The van der Waals surface area contributed by atoms with Crippen LogP contribution in [0.25, 0.3) is 16.6 Å². The smallest absolute Gasteiger partial charge is 0.349 e. The van der Waals surface area contributed by atoms with Gasteiger partial charge in [-0.05, 0) is 35.9 Å². The predicted molar refractivity (Wildman–Crippen MR) is 122 cm³/mol. The fourth-order valence-corrected chi connectivity index (χ4v) is 4.49. The van der Waals surface area contributed by atoms with Gasteiger partial charge in [-0.25, -0.2) is 4.79 Å². The summed E-state index contributed by atoms with van der Waals surface area (Å²) >= 11 is 12.8. The van der Waals surface area contributed by atoms with Crippen molar-refractivity contribution in [3.8, 4) is 23.3 Å². The molecule has 11 heteroatoms. The topological polar surface area (TPSA) is 126 Å². The van der Waals surface area contributed by atoms with Gasteiger partial charge in [-0.15, -0.1) is 5.10 Å². The van der Waals surface area contributed by atoms with Gasteiger partial charge >= 0.3 is 5.69 Å². The molecule has 0 amide bonds. The average molecular weight is 484 g/mol. The molecule has 1 unspecified atom stereocenters. The molecule has 0 spiro atoms. The molecule has 166 valence electrons. The zero-order chi connectivity index (χ0) is 23.3. The highest BCUT2D eigenvalue weighted by Gasteiger charge is 2.23. The summed E-state index contributed by atoms with van der Waals surface area (Å²) in [6.07, 6.45) is 0. The second kappa shape index (κ2) is 8.08. The van der Waals surface area contributed by atoms with Crippen molar-refractivity contribution in [2.45, 2.75) is 19.4 Å². The normalized spacial score (nSPS) is 15.3. The fourth-order valence-electron chi connectivity index (χ4n) is 3.94. The summed E-state index contributed by atoms with van der Waals surface area (Å²) in [5.74, 6) is 0.969. The number of halogens is 2. The number of aromatic amines is 2. The Labute approximate surface area is 196 Å². The molecule has 0 saturated heterocycles. The Morgan fingerprint density at radius 2 is 1.97 bits per heavy atom. The highest BCUT2D eigenvalue weighted by Crippen LogP contribution is 2.40. The molecule has 2 N–H and O–H groups in total. The maximum Gasteiger partial charge on any atom is 0.349 e. The zero-order valence-electron chi connectivity index (χ0n) is 17.1. The van der Waals surface area contributed by atoms with Crippen molar-refractivity contribution in [1.29, 1.82) is 5.26 Å². The van der Waals surface area contributed by atoms with Crippen LogP contribution < -0.4 is 16.0 Å². The number of nitrogens with zero attached hydrogens (tertiary/aromatic N) is 3. The molecule has 0 bridgehead atoms. The molecular weight excluding hydrogens is 469 g/mol. The standard InChI is InChI=1S/C22H15Cl2N5O4/c1-10-8-32-9-18-19(10)13-6-12(2-3-16(13)26-18)33-20-14(23)4-11(5-15(20)24)29-22(31)27-21(30)17(7-25)28-29/h2-6,10,26H,8-9H2,1H3,(H,27,30,31). The minimum Gasteiger partial charge on any atom is -0.454 e. The number of nitrogens with one attached hydrogen (secondary N) is 2. The van der Waals surface area contributed by atoms with Crippen LogP contribution in [0.2, 0.25) is 10.0 Å². The van der Waals surface area contributed by atoms with Gasteiger partial charge in [0, 0.05) is 22.5 Å². The minimum absolute atomic E-state index is 0.119. The Bertz CT molecular complexity index is 1560.